The highest BCUT2D eigenvalue weighted by Gasteiger charge is 2.39. The van der Waals surface area contributed by atoms with Crippen LogP contribution in [0.1, 0.15) is 23.6 Å². The molecular weight excluding hydrogens is 348 g/mol. The van der Waals surface area contributed by atoms with E-state index in [1.165, 1.54) is 0 Å². The van der Waals surface area contributed by atoms with E-state index in [4.69, 9.17) is 0 Å². The van der Waals surface area contributed by atoms with E-state index < -0.39 is 11.5 Å². The van der Waals surface area contributed by atoms with Crippen molar-refractivity contribution in [2.75, 3.05) is 0 Å². The van der Waals surface area contributed by atoms with Crippen molar-refractivity contribution in [1.29, 1.82) is 0 Å². The van der Waals surface area contributed by atoms with Gasteiger partial charge in [-0.1, -0.05) is 97.1 Å². The van der Waals surface area contributed by atoms with Gasteiger partial charge in [0.15, 0.2) is 5.60 Å². The molecule has 0 aliphatic carbocycles. The number of nitrogens with one attached hydrogen (secondary N) is 1. The Hall–Kier alpha value is -3.50. The normalized spacial score (nSPS) is 12.1. The molecule has 0 atom stereocenters. The summed E-state index contributed by atoms with van der Waals surface area (Å²) in [6.45, 7) is 1.78. The van der Waals surface area contributed by atoms with Crippen LogP contribution in [-0.2, 0) is 10.4 Å². The lowest BCUT2D eigenvalue weighted by Gasteiger charge is -2.27. The number of benzene rings is 3. The molecule has 28 heavy (non-hydrogen) atoms. The summed E-state index contributed by atoms with van der Waals surface area (Å²) in [4.78, 5) is 13.0. The van der Waals surface area contributed by atoms with Gasteiger partial charge in [-0.25, -0.2) is 5.43 Å². The zero-order valence-electron chi connectivity index (χ0n) is 15.6. The molecule has 0 aliphatic rings. The van der Waals surface area contributed by atoms with Crippen LogP contribution in [0.2, 0.25) is 0 Å². The maximum Gasteiger partial charge on any atom is 0.281 e. The number of hydrazone groups is 1. The van der Waals surface area contributed by atoms with Crippen LogP contribution in [0.5, 0.6) is 0 Å². The van der Waals surface area contributed by atoms with Gasteiger partial charge in [-0.2, -0.15) is 5.10 Å². The molecule has 0 saturated carbocycles. The Morgan fingerprint density at radius 3 is 1.82 bits per heavy atom. The molecule has 3 aromatic rings. The molecule has 0 bridgehead atoms. The Bertz CT molecular complexity index is 926. The SMILES string of the molecule is CC(/C=C/c1ccccc1)=N/NC(=O)C(O)(c1ccccc1)c1ccccc1. The molecule has 0 fully saturated rings. The van der Waals surface area contributed by atoms with Crippen molar-refractivity contribution in [1.82, 2.24) is 5.43 Å². The van der Waals surface area contributed by atoms with Crippen LogP contribution in [-0.4, -0.2) is 16.7 Å². The van der Waals surface area contributed by atoms with Gasteiger partial charge in [0.2, 0.25) is 0 Å². The fraction of sp³-hybridized carbons (Fsp3) is 0.0833. The largest absolute Gasteiger partial charge is 0.372 e. The molecular formula is C24H22N2O2. The second-order valence-electron chi connectivity index (χ2n) is 6.38. The third kappa shape index (κ3) is 4.42. The van der Waals surface area contributed by atoms with E-state index in [0.29, 0.717) is 16.8 Å². The summed E-state index contributed by atoms with van der Waals surface area (Å²) in [5.74, 6) is -0.614. The smallest absolute Gasteiger partial charge is 0.281 e. The first-order valence-corrected chi connectivity index (χ1v) is 9.02. The molecule has 0 heterocycles. The average Bonchev–Trinajstić information content (AvgIpc) is 2.77. The summed E-state index contributed by atoms with van der Waals surface area (Å²) >= 11 is 0. The lowest BCUT2D eigenvalue weighted by Crippen LogP contribution is -2.43. The van der Waals surface area contributed by atoms with Gasteiger partial charge in [0.25, 0.3) is 5.91 Å². The van der Waals surface area contributed by atoms with Crippen LogP contribution in [0, 0.1) is 0 Å². The topological polar surface area (TPSA) is 61.7 Å². The van der Waals surface area contributed by atoms with Gasteiger partial charge in [0.1, 0.15) is 0 Å². The van der Waals surface area contributed by atoms with Crippen LogP contribution in [0.25, 0.3) is 6.08 Å². The zero-order chi connectivity index (χ0) is 19.8. The number of carbonyl (C=O) groups is 1. The first-order chi connectivity index (χ1) is 13.6. The van der Waals surface area contributed by atoms with Crippen LogP contribution in [0.4, 0.5) is 0 Å². The lowest BCUT2D eigenvalue weighted by molar-refractivity contribution is -0.136. The van der Waals surface area contributed by atoms with Crippen LogP contribution >= 0.6 is 0 Å². The quantitative estimate of drug-likeness (QED) is 0.506. The highest BCUT2D eigenvalue weighted by Crippen LogP contribution is 2.29. The summed E-state index contributed by atoms with van der Waals surface area (Å²) in [6, 6.07) is 27.5. The number of hydrogen-bond acceptors (Lipinski definition) is 3. The van der Waals surface area contributed by atoms with E-state index in [1.54, 1.807) is 61.5 Å². The standard InChI is InChI=1S/C24H22N2O2/c1-19(17-18-20-11-5-2-6-12-20)25-26-23(27)24(28,21-13-7-3-8-14-21)22-15-9-4-10-16-22/h2-18,28H,1H3,(H,26,27)/b18-17+,25-19-. The molecule has 0 unspecified atom stereocenters. The summed E-state index contributed by atoms with van der Waals surface area (Å²) in [5.41, 5.74) is 3.27. The van der Waals surface area contributed by atoms with Crippen LogP contribution in [0.3, 0.4) is 0 Å². The molecule has 0 radical (unpaired) electrons. The number of hydrogen-bond donors (Lipinski definition) is 2. The van der Waals surface area contributed by atoms with Gasteiger partial charge in [0.05, 0.1) is 5.71 Å². The number of rotatable bonds is 6. The molecule has 2 N–H and O–H groups in total. The Labute approximate surface area is 164 Å². The highest BCUT2D eigenvalue weighted by molar-refractivity contribution is 5.98. The second kappa shape index (κ2) is 8.93. The van der Waals surface area contributed by atoms with Crippen molar-refractivity contribution < 1.29 is 9.90 Å². The van der Waals surface area contributed by atoms with Crippen LogP contribution in [0.15, 0.2) is 102 Å². The summed E-state index contributed by atoms with van der Waals surface area (Å²) < 4.78 is 0. The molecule has 140 valence electrons. The Kier molecular flexibility index (Phi) is 6.14. The molecule has 3 aromatic carbocycles. The van der Waals surface area contributed by atoms with Crippen molar-refractivity contribution in [3.63, 3.8) is 0 Å². The molecule has 0 saturated heterocycles. The van der Waals surface area contributed by atoms with Crippen molar-refractivity contribution in [2.45, 2.75) is 12.5 Å². The van der Waals surface area contributed by atoms with E-state index >= 15 is 0 Å². The molecule has 4 nitrogen and oxygen atoms in total. The number of amides is 1. The lowest BCUT2D eigenvalue weighted by atomic mass is 9.85. The zero-order valence-corrected chi connectivity index (χ0v) is 15.6. The number of nitrogens with zero attached hydrogens (tertiary/aromatic N) is 1. The van der Waals surface area contributed by atoms with Crippen molar-refractivity contribution in [3.8, 4) is 0 Å². The van der Waals surface area contributed by atoms with Crippen LogP contribution < -0.4 is 5.43 Å². The maximum atomic E-state index is 13.0. The minimum Gasteiger partial charge on any atom is -0.372 e. The maximum absolute atomic E-state index is 13.0. The van der Waals surface area contributed by atoms with E-state index in [1.807, 2.05) is 48.5 Å². The first-order valence-electron chi connectivity index (χ1n) is 9.02. The first kappa shape index (κ1) is 19.3. The molecule has 1 amide bonds. The van der Waals surface area contributed by atoms with Crippen molar-refractivity contribution in [3.05, 3.63) is 114 Å². The number of carbonyl (C=O) groups excluding carboxylic acids is 1. The monoisotopic (exact) mass is 370 g/mol. The third-order valence-electron chi connectivity index (χ3n) is 4.36. The summed E-state index contributed by atoms with van der Waals surface area (Å²) in [6.07, 6.45) is 3.71. The molecule has 0 aromatic heterocycles. The predicted octanol–water partition coefficient (Wildman–Crippen LogP) is 4.13. The van der Waals surface area contributed by atoms with Gasteiger partial charge in [-0.3, -0.25) is 4.79 Å². The minimum atomic E-state index is -1.84. The molecule has 0 aliphatic heterocycles. The summed E-state index contributed by atoms with van der Waals surface area (Å²) in [5, 5.41) is 15.5. The molecule has 0 spiro atoms. The Morgan fingerprint density at radius 1 is 0.857 bits per heavy atom. The van der Waals surface area contributed by atoms with E-state index in [0.717, 1.165) is 5.56 Å². The fourth-order valence-corrected chi connectivity index (χ4v) is 2.83. The molecule has 3 rings (SSSR count). The minimum absolute atomic E-state index is 0.478. The number of allylic oxidation sites excluding steroid dienone is 1. The van der Waals surface area contributed by atoms with E-state index in [2.05, 4.69) is 10.5 Å². The Morgan fingerprint density at radius 2 is 1.32 bits per heavy atom. The van der Waals surface area contributed by atoms with Crippen molar-refractivity contribution >= 4 is 17.7 Å². The van der Waals surface area contributed by atoms with Gasteiger partial charge in [-0.05, 0) is 29.7 Å². The fourth-order valence-electron chi connectivity index (χ4n) is 2.83. The summed E-state index contributed by atoms with van der Waals surface area (Å²) in [7, 11) is 0. The van der Waals surface area contributed by atoms with Gasteiger partial charge < -0.3 is 5.11 Å². The number of aliphatic hydroxyl groups is 1. The van der Waals surface area contributed by atoms with Gasteiger partial charge in [-0.15, -0.1) is 0 Å². The van der Waals surface area contributed by atoms with Gasteiger partial charge in [0, 0.05) is 0 Å². The highest BCUT2D eigenvalue weighted by atomic mass is 16.3. The van der Waals surface area contributed by atoms with E-state index in [-0.39, 0.29) is 0 Å². The third-order valence-corrected chi connectivity index (χ3v) is 4.36. The average molecular weight is 370 g/mol. The second-order valence-corrected chi connectivity index (χ2v) is 6.38. The van der Waals surface area contributed by atoms with Crippen molar-refractivity contribution in [2.24, 2.45) is 5.10 Å². The Balaban J connectivity index is 1.83. The van der Waals surface area contributed by atoms with Gasteiger partial charge >= 0.3 is 0 Å². The van der Waals surface area contributed by atoms with E-state index in [9.17, 15) is 9.90 Å². The molecule has 4 heteroatoms. The predicted molar refractivity (Wildman–Crippen MR) is 113 cm³/mol.